The zero-order valence-corrected chi connectivity index (χ0v) is 12.8. The summed E-state index contributed by atoms with van der Waals surface area (Å²) < 4.78 is 0. The van der Waals surface area contributed by atoms with Gasteiger partial charge >= 0.3 is 0 Å². The van der Waals surface area contributed by atoms with E-state index in [2.05, 4.69) is 36.7 Å². The van der Waals surface area contributed by atoms with Crippen LogP contribution in [0, 0.1) is 0 Å². The minimum absolute atomic E-state index is 0.0828. The van der Waals surface area contributed by atoms with Gasteiger partial charge in [-0.25, -0.2) is 0 Å². The van der Waals surface area contributed by atoms with Gasteiger partial charge in [-0.15, -0.1) is 0 Å². The van der Waals surface area contributed by atoms with E-state index in [4.69, 9.17) is 0 Å². The fourth-order valence-corrected chi connectivity index (χ4v) is 1.85. The first-order valence-corrected chi connectivity index (χ1v) is 7.40. The summed E-state index contributed by atoms with van der Waals surface area (Å²) >= 11 is 3.45. The van der Waals surface area contributed by atoms with Gasteiger partial charge in [-0.05, 0) is 20.3 Å². The second-order valence-electron chi connectivity index (χ2n) is 5.06. The van der Waals surface area contributed by atoms with Gasteiger partial charge in [0, 0.05) is 24.3 Å². The van der Waals surface area contributed by atoms with Crippen LogP contribution < -0.4 is 0 Å². The maximum atomic E-state index is 11.9. The molecule has 0 aliphatic rings. The lowest BCUT2D eigenvalue weighted by molar-refractivity contribution is -0.134. The highest BCUT2D eigenvalue weighted by Gasteiger charge is 2.25. The molecule has 0 saturated heterocycles. The van der Waals surface area contributed by atoms with Gasteiger partial charge in [0.2, 0.25) is 5.91 Å². The summed E-state index contributed by atoms with van der Waals surface area (Å²) in [4.78, 5) is 13.7. The van der Waals surface area contributed by atoms with Gasteiger partial charge in [0.1, 0.15) is 0 Å². The first kappa shape index (κ1) is 16.0. The monoisotopic (exact) mass is 291 g/mol. The Labute approximate surface area is 109 Å². The molecule has 0 rings (SSSR count). The normalized spacial score (nSPS) is 11.6. The van der Waals surface area contributed by atoms with Gasteiger partial charge in [-0.2, -0.15) is 0 Å². The van der Waals surface area contributed by atoms with E-state index in [0.717, 1.165) is 11.8 Å². The highest BCUT2D eigenvalue weighted by molar-refractivity contribution is 9.09. The van der Waals surface area contributed by atoms with Crippen LogP contribution in [0.5, 0.6) is 0 Å². The van der Waals surface area contributed by atoms with E-state index in [1.165, 1.54) is 25.7 Å². The molecule has 0 aromatic rings. The molecule has 2 nitrogen and oxygen atoms in total. The summed E-state index contributed by atoms with van der Waals surface area (Å²) in [6.45, 7) is 6.37. The molecule has 16 heavy (non-hydrogen) atoms. The van der Waals surface area contributed by atoms with Crippen LogP contribution in [-0.2, 0) is 4.79 Å². The fraction of sp³-hybridized carbons (Fsp3) is 0.923. The summed E-state index contributed by atoms with van der Waals surface area (Å²) in [5.74, 6) is 0.265. The quantitative estimate of drug-likeness (QED) is 0.489. The number of halogens is 1. The van der Waals surface area contributed by atoms with Gasteiger partial charge in [0.25, 0.3) is 0 Å². The molecule has 1 amide bonds. The van der Waals surface area contributed by atoms with Crippen molar-refractivity contribution in [3.63, 3.8) is 0 Å². The molecular formula is C13H26BrNO. The van der Waals surface area contributed by atoms with Crippen molar-refractivity contribution in [3.8, 4) is 0 Å². The van der Waals surface area contributed by atoms with E-state index in [1.54, 1.807) is 0 Å². The van der Waals surface area contributed by atoms with E-state index >= 15 is 0 Å². The first-order chi connectivity index (χ1) is 7.45. The smallest absolute Gasteiger partial charge is 0.222 e. The summed E-state index contributed by atoms with van der Waals surface area (Å²) in [5.41, 5.74) is -0.0828. The lowest BCUT2D eigenvalue weighted by Crippen LogP contribution is -2.46. The topological polar surface area (TPSA) is 20.3 Å². The number of alkyl halides is 1. The molecule has 0 saturated carbocycles. The molecule has 0 N–H and O–H groups in total. The predicted octanol–water partition coefficient (Wildman–Crippen LogP) is 3.98. The third kappa shape index (κ3) is 5.88. The Balaban J connectivity index is 3.80. The summed E-state index contributed by atoms with van der Waals surface area (Å²) in [6.07, 6.45) is 6.71. The highest BCUT2D eigenvalue weighted by atomic mass is 79.9. The maximum absolute atomic E-state index is 11.9. The molecular weight excluding hydrogens is 266 g/mol. The zero-order valence-electron chi connectivity index (χ0n) is 11.2. The van der Waals surface area contributed by atoms with Gasteiger partial charge < -0.3 is 4.90 Å². The number of amides is 1. The minimum atomic E-state index is -0.0828. The average molecular weight is 292 g/mol. The molecule has 0 aliphatic carbocycles. The lowest BCUT2D eigenvalue weighted by atomic mass is 10.1. The number of unbranched alkanes of at least 4 members (excludes halogenated alkanes) is 4. The Morgan fingerprint density at radius 1 is 1.19 bits per heavy atom. The number of carbonyl (C=O) groups excluding carboxylic acids is 1. The molecule has 96 valence electrons. The molecule has 0 fully saturated rings. The minimum Gasteiger partial charge on any atom is -0.340 e. The first-order valence-electron chi connectivity index (χ1n) is 6.28. The van der Waals surface area contributed by atoms with Crippen molar-refractivity contribution < 1.29 is 4.79 Å². The second-order valence-corrected chi connectivity index (χ2v) is 5.62. The van der Waals surface area contributed by atoms with Gasteiger partial charge in [-0.3, -0.25) is 4.79 Å². The number of hydrogen-bond donors (Lipinski definition) is 0. The third-order valence-corrected chi connectivity index (χ3v) is 4.48. The van der Waals surface area contributed by atoms with E-state index in [9.17, 15) is 4.79 Å². The van der Waals surface area contributed by atoms with Gasteiger partial charge in [-0.1, -0.05) is 48.5 Å². The van der Waals surface area contributed by atoms with Crippen LogP contribution in [0.2, 0.25) is 0 Å². The second kappa shape index (κ2) is 8.10. The SMILES string of the molecule is CCCCCCCC(=O)N(C)C(C)(C)CBr. The molecule has 0 heterocycles. The van der Waals surface area contributed by atoms with E-state index in [-0.39, 0.29) is 11.4 Å². The maximum Gasteiger partial charge on any atom is 0.222 e. The Hall–Kier alpha value is -0.0500. The summed E-state index contributed by atoms with van der Waals surface area (Å²) in [6, 6.07) is 0. The molecule has 0 unspecified atom stereocenters. The van der Waals surface area contributed by atoms with Crippen LogP contribution in [0.3, 0.4) is 0 Å². The van der Waals surface area contributed by atoms with Crippen LogP contribution in [-0.4, -0.2) is 28.7 Å². The van der Waals surface area contributed by atoms with Gasteiger partial charge in [0.15, 0.2) is 0 Å². The summed E-state index contributed by atoms with van der Waals surface area (Å²) in [5, 5.41) is 0.818. The molecule has 0 aliphatic heterocycles. The predicted molar refractivity (Wildman–Crippen MR) is 74.0 cm³/mol. The molecule has 0 atom stereocenters. The van der Waals surface area contributed by atoms with Crippen LogP contribution >= 0.6 is 15.9 Å². The number of rotatable bonds is 8. The van der Waals surface area contributed by atoms with Crippen molar-refractivity contribution in [2.75, 3.05) is 12.4 Å². The van der Waals surface area contributed by atoms with Gasteiger partial charge in [0.05, 0.1) is 0 Å². The van der Waals surface area contributed by atoms with Crippen molar-refractivity contribution in [1.82, 2.24) is 4.90 Å². The largest absolute Gasteiger partial charge is 0.340 e. The average Bonchev–Trinajstić information content (AvgIpc) is 2.27. The van der Waals surface area contributed by atoms with Crippen LogP contribution in [0.4, 0.5) is 0 Å². The Kier molecular flexibility index (Phi) is 8.08. The molecule has 0 bridgehead atoms. The molecule has 3 heteroatoms. The van der Waals surface area contributed by atoms with Crippen molar-refractivity contribution in [2.45, 2.75) is 64.8 Å². The Bertz CT molecular complexity index is 204. The number of nitrogens with zero attached hydrogens (tertiary/aromatic N) is 1. The van der Waals surface area contributed by atoms with Crippen LogP contribution in [0.15, 0.2) is 0 Å². The van der Waals surface area contributed by atoms with Crippen molar-refractivity contribution in [2.24, 2.45) is 0 Å². The highest BCUT2D eigenvalue weighted by Crippen LogP contribution is 2.17. The number of carbonyl (C=O) groups is 1. The van der Waals surface area contributed by atoms with Crippen molar-refractivity contribution in [1.29, 1.82) is 0 Å². The Morgan fingerprint density at radius 3 is 2.25 bits per heavy atom. The molecule has 0 aromatic heterocycles. The number of hydrogen-bond acceptors (Lipinski definition) is 1. The standard InChI is InChI=1S/C13H26BrNO/c1-5-6-7-8-9-10-12(16)15(4)13(2,3)11-14/h5-11H2,1-4H3. The lowest BCUT2D eigenvalue weighted by Gasteiger charge is -2.34. The fourth-order valence-electron chi connectivity index (χ4n) is 1.47. The van der Waals surface area contributed by atoms with E-state index in [0.29, 0.717) is 6.42 Å². The van der Waals surface area contributed by atoms with Crippen LogP contribution in [0.1, 0.15) is 59.3 Å². The van der Waals surface area contributed by atoms with Crippen LogP contribution in [0.25, 0.3) is 0 Å². The third-order valence-electron chi connectivity index (χ3n) is 3.10. The van der Waals surface area contributed by atoms with Crippen molar-refractivity contribution in [3.05, 3.63) is 0 Å². The molecule has 0 aromatic carbocycles. The molecule has 0 spiro atoms. The zero-order chi connectivity index (χ0) is 12.6. The molecule has 0 radical (unpaired) electrons. The van der Waals surface area contributed by atoms with Crippen molar-refractivity contribution >= 4 is 21.8 Å². The Morgan fingerprint density at radius 2 is 1.75 bits per heavy atom. The summed E-state index contributed by atoms with van der Waals surface area (Å²) in [7, 11) is 1.90. The van der Waals surface area contributed by atoms with E-state index in [1.807, 2.05) is 11.9 Å². The van der Waals surface area contributed by atoms with E-state index < -0.39 is 0 Å².